The monoisotopic (exact) mass is 347 g/mol. The summed E-state index contributed by atoms with van der Waals surface area (Å²) >= 11 is 5.82. The van der Waals surface area contributed by atoms with Crippen molar-refractivity contribution in [3.8, 4) is 11.8 Å². The molecule has 1 aromatic carbocycles. The van der Waals surface area contributed by atoms with Gasteiger partial charge >= 0.3 is 6.01 Å². The van der Waals surface area contributed by atoms with Crippen LogP contribution in [0.3, 0.4) is 0 Å². The first-order valence-corrected chi connectivity index (χ1v) is 8.18. The molecule has 1 aromatic heterocycles. The maximum atomic E-state index is 12.3. The Morgan fingerprint density at radius 3 is 2.75 bits per heavy atom. The number of likely N-dealkylation sites (tertiary alicyclic amines) is 1. The van der Waals surface area contributed by atoms with E-state index >= 15 is 0 Å². The van der Waals surface area contributed by atoms with Crippen LogP contribution in [0.15, 0.2) is 42.7 Å². The van der Waals surface area contributed by atoms with Gasteiger partial charge in [0.25, 0.3) is 5.91 Å². The summed E-state index contributed by atoms with van der Waals surface area (Å²) in [5.41, 5.74) is 0. The Bertz CT molecular complexity index is 667. The molecular weight excluding hydrogens is 330 g/mol. The lowest BCUT2D eigenvalue weighted by molar-refractivity contribution is -0.136. The molecule has 3 rings (SSSR count). The van der Waals surface area contributed by atoms with Crippen LogP contribution >= 0.6 is 11.6 Å². The lowest BCUT2D eigenvalue weighted by atomic mass is 10.1. The topological polar surface area (TPSA) is 64.5 Å². The number of rotatable bonds is 5. The van der Waals surface area contributed by atoms with E-state index in [2.05, 4.69) is 9.97 Å². The fraction of sp³-hybridized carbons (Fsp3) is 0.353. The van der Waals surface area contributed by atoms with Crippen molar-refractivity contribution in [1.29, 1.82) is 0 Å². The molecule has 0 radical (unpaired) electrons. The standard InChI is InChI=1S/C17H18ClN3O3/c18-13-4-6-14(7-5-13)23-12-16(22)21-10-1-3-15(11-21)24-17-19-8-2-9-20-17/h2,4-9,15H,1,3,10-12H2. The number of hydrogen-bond donors (Lipinski definition) is 0. The summed E-state index contributed by atoms with van der Waals surface area (Å²) in [6.07, 6.45) is 4.92. The molecule has 126 valence electrons. The van der Waals surface area contributed by atoms with Gasteiger partial charge < -0.3 is 14.4 Å². The fourth-order valence-corrected chi connectivity index (χ4v) is 2.65. The van der Waals surface area contributed by atoms with Crippen LogP contribution in [0.1, 0.15) is 12.8 Å². The van der Waals surface area contributed by atoms with E-state index in [4.69, 9.17) is 21.1 Å². The molecule has 7 heteroatoms. The summed E-state index contributed by atoms with van der Waals surface area (Å²) in [7, 11) is 0. The maximum absolute atomic E-state index is 12.3. The smallest absolute Gasteiger partial charge is 0.316 e. The first-order valence-electron chi connectivity index (χ1n) is 7.80. The zero-order chi connectivity index (χ0) is 16.8. The second-order valence-corrected chi connectivity index (χ2v) is 5.93. The molecule has 1 aliphatic rings. The molecule has 1 aliphatic heterocycles. The fourth-order valence-electron chi connectivity index (χ4n) is 2.52. The average Bonchev–Trinajstić information content (AvgIpc) is 2.62. The van der Waals surface area contributed by atoms with Crippen LogP contribution in [-0.2, 0) is 4.79 Å². The molecule has 0 aliphatic carbocycles. The third kappa shape index (κ3) is 4.58. The van der Waals surface area contributed by atoms with E-state index in [1.54, 1.807) is 47.6 Å². The zero-order valence-corrected chi connectivity index (χ0v) is 13.9. The molecule has 6 nitrogen and oxygen atoms in total. The zero-order valence-electron chi connectivity index (χ0n) is 13.1. The van der Waals surface area contributed by atoms with E-state index in [0.29, 0.717) is 29.9 Å². The van der Waals surface area contributed by atoms with Gasteiger partial charge in [-0.3, -0.25) is 4.79 Å². The van der Waals surface area contributed by atoms with Crippen LogP contribution in [0.5, 0.6) is 11.8 Å². The van der Waals surface area contributed by atoms with Gasteiger partial charge in [0, 0.05) is 24.0 Å². The minimum absolute atomic E-state index is 0.00378. The van der Waals surface area contributed by atoms with E-state index in [0.717, 1.165) is 12.8 Å². The first-order chi connectivity index (χ1) is 11.7. The van der Waals surface area contributed by atoms with Crippen LogP contribution in [0.2, 0.25) is 5.02 Å². The Balaban J connectivity index is 1.50. The third-order valence-corrected chi connectivity index (χ3v) is 3.97. The highest BCUT2D eigenvalue weighted by Gasteiger charge is 2.25. The van der Waals surface area contributed by atoms with Crippen molar-refractivity contribution in [2.45, 2.75) is 18.9 Å². The number of amides is 1. The summed E-state index contributed by atoms with van der Waals surface area (Å²) in [6, 6.07) is 9.01. The van der Waals surface area contributed by atoms with E-state index in [9.17, 15) is 4.79 Å². The lowest BCUT2D eigenvalue weighted by Gasteiger charge is -2.32. The number of ether oxygens (including phenoxy) is 2. The number of carbonyl (C=O) groups excluding carboxylic acids is 1. The molecule has 0 saturated carbocycles. The first kappa shape index (κ1) is 16.5. The summed E-state index contributed by atoms with van der Waals surface area (Å²) in [5, 5.41) is 0.632. The molecule has 2 aromatic rings. The van der Waals surface area contributed by atoms with Gasteiger partial charge in [-0.25, -0.2) is 9.97 Å². The van der Waals surface area contributed by atoms with Gasteiger partial charge in [-0.15, -0.1) is 0 Å². The molecule has 1 unspecified atom stereocenters. The van der Waals surface area contributed by atoms with Crippen LogP contribution in [0.4, 0.5) is 0 Å². The SMILES string of the molecule is O=C(COc1ccc(Cl)cc1)N1CCCC(Oc2ncccn2)C1. The van der Waals surface area contributed by atoms with Gasteiger partial charge in [-0.1, -0.05) is 11.6 Å². The van der Waals surface area contributed by atoms with E-state index in [1.165, 1.54) is 0 Å². The minimum Gasteiger partial charge on any atom is -0.484 e. The van der Waals surface area contributed by atoms with E-state index in [1.807, 2.05) is 0 Å². The highest BCUT2D eigenvalue weighted by Crippen LogP contribution is 2.17. The third-order valence-electron chi connectivity index (χ3n) is 3.72. The minimum atomic E-state index is -0.0966. The highest BCUT2D eigenvalue weighted by atomic mass is 35.5. The van der Waals surface area contributed by atoms with Crippen molar-refractivity contribution in [1.82, 2.24) is 14.9 Å². The molecule has 0 spiro atoms. The van der Waals surface area contributed by atoms with Gasteiger partial charge in [0.15, 0.2) is 6.61 Å². The normalized spacial score (nSPS) is 17.4. The van der Waals surface area contributed by atoms with Crippen LogP contribution in [0, 0.1) is 0 Å². The molecule has 0 N–H and O–H groups in total. The predicted octanol–water partition coefficient (Wildman–Crippen LogP) is 2.58. The number of benzene rings is 1. The molecule has 0 bridgehead atoms. The van der Waals surface area contributed by atoms with Crippen molar-refractivity contribution in [2.75, 3.05) is 19.7 Å². The summed E-state index contributed by atoms with van der Waals surface area (Å²) in [4.78, 5) is 22.2. The molecule has 1 saturated heterocycles. The van der Waals surface area contributed by atoms with Crippen LogP contribution in [0.25, 0.3) is 0 Å². The number of carbonyl (C=O) groups is 1. The maximum Gasteiger partial charge on any atom is 0.316 e. The van der Waals surface area contributed by atoms with Gasteiger partial charge in [-0.05, 0) is 43.2 Å². The molecule has 2 heterocycles. The number of nitrogens with zero attached hydrogens (tertiary/aromatic N) is 3. The van der Waals surface area contributed by atoms with Crippen LogP contribution < -0.4 is 9.47 Å². The predicted molar refractivity (Wildman–Crippen MR) is 89.2 cm³/mol. The Kier molecular flexibility index (Phi) is 5.48. The highest BCUT2D eigenvalue weighted by molar-refractivity contribution is 6.30. The molecule has 1 amide bonds. The van der Waals surface area contributed by atoms with Gasteiger partial charge in [-0.2, -0.15) is 0 Å². The molecule has 24 heavy (non-hydrogen) atoms. The Morgan fingerprint density at radius 1 is 1.25 bits per heavy atom. The van der Waals surface area contributed by atoms with Gasteiger partial charge in [0.2, 0.25) is 0 Å². The van der Waals surface area contributed by atoms with E-state index < -0.39 is 0 Å². The van der Waals surface area contributed by atoms with Gasteiger partial charge in [0.05, 0.1) is 6.54 Å². The quantitative estimate of drug-likeness (QED) is 0.831. The lowest BCUT2D eigenvalue weighted by Crippen LogP contribution is -2.46. The second-order valence-electron chi connectivity index (χ2n) is 5.50. The summed E-state index contributed by atoms with van der Waals surface area (Å²) in [5.74, 6) is 0.558. The Morgan fingerprint density at radius 2 is 2.00 bits per heavy atom. The van der Waals surface area contributed by atoms with Crippen molar-refractivity contribution >= 4 is 17.5 Å². The second kappa shape index (κ2) is 7.97. The molecular formula is C17H18ClN3O3. The largest absolute Gasteiger partial charge is 0.484 e. The van der Waals surface area contributed by atoms with Crippen molar-refractivity contribution < 1.29 is 14.3 Å². The summed E-state index contributed by atoms with van der Waals surface area (Å²) in [6.45, 7) is 1.22. The number of hydrogen-bond acceptors (Lipinski definition) is 5. The van der Waals surface area contributed by atoms with Crippen LogP contribution in [-0.4, -0.2) is 46.6 Å². The number of halogens is 1. The number of aromatic nitrogens is 2. The molecule has 1 fully saturated rings. The van der Waals surface area contributed by atoms with Crippen molar-refractivity contribution in [3.05, 3.63) is 47.7 Å². The van der Waals surface area contributed by atoms with Gasteiger partial charge in [0.1, 0.15) is 11.9 Å². The van der Waals surface area contributed by atoms with Crippen molar-refractivity contribution in [2.24, 2.45) is 0 Å². The average molecular weight is 348 g/mol. The molecule has 1 atom stereocenters. The Labute approximate surface area is 145 Å². The van der Waals surface area contributed by atoms with E-state index in [-0.39, 0.29) is 18.6 Å². The Hall–Kier alpha value is -2.34. The summed E-state index contributed by atoms with van der Waals surface area (Å²) < 4.78 is 11.3. The number of piperidine rings is 1. The van der Waals surface area contributed by atoms with Crippen molar-refractivity contribution in [3.63, 3.8) is 0 Å².